The molecule has 4 amide bonds. The van der Waals surface area contributed by atoms with Gasteiger partial charge < -0.3 is 52.0 Å². The van der Waals surface area contributed by atoms with Crippen LogP contribution < -0.4 is 27.0 Å². The number of H-pyrrole nitrogens is 4. The third-order valence-electron chi connectivity index (χ3n) is 6.96. The van der Waals surface area contributed by atoms with E-state index in [1.807, 2.05) is 0 Å². The molecule has 47 heavy (non-hydrogen) atoms. The maximum absolute atomic E-state index is 13.8. The monoisotopic (exact) mass is 669 g/mol. The van der Waals surface area contributed by atoms with Crippen LogP contribution in [0.25, 0.3) is 0 Å². The van der Waals surface area contributed by atoms with Gasteiger partial charge in [0.1, 0.15) is 24.2 Å². The van der Waals surface area contributed by atoms with Crippen LogP contribution in [0.4, 0.5) is 0 Å². The number of hydrogen-bond donors (Lipinski definition) is 11. The quantitative estimate of drug-likeness (QED) is 0.0479. The van der Waals surface area contributed by atoms with Gasteiger partial charge in [0.15, 0.2) is 0 Å². The van der Waals surface area contributed by atoms with Gasteiger partial charge in [-0.05, 0) is 0 Å². The average molecular weight is 670 g/mol. The summed E-state index contributed by atoms with van der Waals surface area (Å²) in [4.78, 5) is 92.6. The summed E-state index contributed by atoms with van der Waals surface area (Å²) in [5.41, 5.74) is 7.76. The second-order valence-electron chi connectivity index (χ2n) is 10.5. The van der Waals surface area contributed by atoms with Crippen LogP contribution in [0.5, 0.6) is 0 Å². The summed E-state index contributed by atoms with van der Waals surface area (Å²) in [7, 11) is 0. The molecule has 250 valence electrons. The Hall–Kier alpha value is -5.50. The minimum atomic E-state index is -1.35. The van der Waals surface area contributed by atoms with Crippen LogP contribution in [0.15, 0.2) is 50.1 Å². The van der Waals surface area contributed by atoms with Gasteiger partial charge in [-0.25, -0.2) is 24.7 Å². The fourth-order valence-corrected chi connectivity index (χ4v) is 4.64. The molecule has 0 radical (unpaired) electrons. The number of nitrogens with one attached hydrogen (secondary N) is 8. The summed E-state index contributed by atoms with van der Waals surface area (Å²) in [5.74, 6) is -4.19. The molecule has 4 rings (SSSR count). The second-order valence-corrected chi connectivity index (χ2v) is 10.9. The van der Waals surface area contributed by atoms with E-state index in [9.17, 15) is 29.1 Å². The van der Waals surface area contributed by atoms with Crippen molar-refractivity contribution in [1.82, 2.24) is 61.1 Å². The summed E-state index contributed by atoms with van der Waals surface area (Å²) in [6, 6.07) is -6.08. The SMILES string of the molecule is NC(CS)C(=O)NC(Cc1cnc[nH]1)C(=O)NC(Cc1cnc[nH]1)C(=O)NC(Cc1cnc[nH]1)C(=O)NC(Cc1cnc[nH]1)C(=O)O. The molecule has 0 aromatic carbocycles. The van der Waals surface area contributed by atoms with Crippen LogP contribution in [0.2, 0.25) is 0 Å². The molecule has 5 unspecified atom stereocenters. The van der Waals surface area contributed by atoms with E-state index in [1.165, 1.54) is 50.1 Å². The van der Waals surface area contributed by atoms with Crippen molar-refractivity contribution in [2.75, 3.05) is 5.75 Å². The molecule has 0 aliphatic carbocycles. The van der Waals surface area contributed by atoms with Crippen LogP contribution in [0.3, 0.4) is 0 Å². The highest BCUT2D eigenvalue weighted by molar-refractivity contribution is 7.80. The Bertz CT molecular complexity index is 1580. The first-order valence-electron chi connectivity index (χ1n) is 14.3. The first-order chi connectivity index (χ1) is 22.6. The number of aliphatic carboxylic acids is 1. The van der Waals surface area contributed by atoms with Crippen molar-refractivity contribution < 1.29 is 29.1 Å². The molecule has 20 heteroatoms. The van der Waals surface area contributed by atoms with Crippen molar-refractivity contribution in [3.63, 3.8) is 0 Å². The van der Waals surface area contributed by atoms with Crippen LogP contribution in [0, 0.1) is 0 Å². The van der Waals surface area contributed by atoms with Crippen LogP contribution in [-0.4, -0.2) is 111 Å². The molecule has 4 heterocycles. The third-order valence-corrected chi connectivity index (χ3v) is 7.36. The number of carbonyl (C=O) groups excluding carboxylic acids is 4. The molecule has 0 spiro atoms. The predicted molar refractivity (Wildman–Crippen MR) is 166 cm³/mol. The molecule has 11 N–H and O–H groups in total. The first-order valence-corrected chi connectivity index (χ1v) is 15.0. The maximum Gasteiger partial charge on any atom is 0.326 e. The molecule has 0 saturated heterocycles. The number of amides is 4. The number of carboxylic acids is 1. The molecule has 0 aliphatic heterocycles. The Morgan fingerprint density at radius 2 is 0.894 bits per heavy atom. The number of nitrogens with two attached hydrogens (primary N) is 1. The zero-order chi connectivity index (χ0) is 33.8. The highest BCUT2D eigenvalue weighted by atomic mass is 32.1. The normalized spacial score (nSPS) is 14.3. The standard InChI is InChI=1S/C27H35N13O6S/c28-18(9-47)23(41)37-19(1-14-5-29-10-33-14)24(42)38-20(2-15-6-30-11-34-15)25(43)39-21(3-16-7-31-12-35-16)26(44)40-22(27(45)46)4-17-8-32-13-36-17/h5-8,10-13,18-22,47H,1-4,9,28H2,(H,29,33)(H,30,34)(H,31,35)(H,32,36)(H,37,41)(H,38,42)(H,39,43)(H,40,44)(H,45,46). The van der Waals surface area contributed by atoms with Crippen molar-refractivity contribution >= 4 is 42.2 Å². The maximum atomic E-state index is 13.8. The summed E-state index contributed by atoms with van der Waals surface area (Å²) < 4.78 is 0. The highest BCUT2D eigenvalue weighted by Crippen LogP contribution is 2.07. The van der Waals surface area contributed by atoms with Crippen molar-refractivity contribution in [3.05, 3.63) is 72.9 Å². The van der Waals surface area contributed by atoms with Gasteiger partial charge in [-0.1, -0.05) is 0 Å². The molecular weight excluding hydrogens is 634 g/mol. The lowest BCUT2D eigenvalue weighted by Crippen LogP contribution is -2.60. The van der Waals surface area contributed by atoms with E-state index in [1.54, 1.807) is 0 Å². The van der Waals surface area contributed by atoms with Crippen molar-refractivity contribution in [2.24, 2.45) is 5.73 Å². The van der Waals surface area contributed by atoms with Gasteiger partial charge in [0.2, 0.25) is 23.6 Å². The van der Waals surface area contributed by atoms with E-state index in [4.69, 9.17) is 5.73 Å². The Balaban J connectivity index is 1.55. The van der Waals surface area contributed by atoms with Gasteiger partial charge in [-0.3, -0.25) is 19.2 Å². The number of nitrogens with zero attached hydrogens (tertiary/aromatic N) is 4. The summed E-state index contributed by atoms with van der Waals surface area (Å²) in [6.45, 7) is 0. The van der Waals surface area contributed by atoms with E-state index < -0.39 is 59.8 Å². The Morgan fingerprint density at radius 3 is 1.17 bits per heavy atom. The largest absolute Gasteiger partial charge is 0.480 e. The molecular formula is C27H35N13O6S. The van der Waals surface area contributed by atoms with Crippen LogP contribution in [0.1, 0.15) is 22.8 Å². The van der Waals surface area contributed by atoms with E-state index >= 15 is 0 Å². The third kappa shape index (κ3) is 10.3. The van der Waals surface area contributed by atoms with Gasteiger partial charge in [0, 0.05) is 79.0 Å². The summed E-state index contributed by atoms with van der Waals surface area (Å²) >= 11 is 4.04. The van der Waals surface area contributed by atoms with Crippen LogP contribution >= 0.6 is 12.6 Å². The number of imidazole rings is 4. The van der Waals surface area contributed by atoms with E-state index in [2.05, 4.69) is 73.8 Å². The zero-order valence-electron chi connectivity index (χ0n) is 24.8. The highest BCUT2D eigenvalue weighted by Gasteiger charge is 2.33. The average Bonchev–Trinajstić information content (AvgIpc) is 3.89. The smallest absolute Gasteiger partial charge is 0.326 e. The molecule has 4 aromatic heterocycles. The minimum Gasteiger partial charge on any atom is -0.480 e. The van der Waals surface area contributed by atoms with E-state index in [0.29, 0.717) is 22.8 Å². The zero-order valence-corrected chi connectivity index (χ0v) is 25.7. The van der Waals surface area contributed by atoms with E-state index in [-0.39, 0.29) is 31.4 Å². The number of hydrogen-bond acceptors (Lipinski definition) is 11. The van der Waals surface area contributed by atoms with Crippen molar-refractivity contribution in [1.29, 1.82) is 0 Å². The van der Waals surface area contributed by atoms with Gasteiger partial charge >= 0.3 is 5.97 Å². The lowest BCUT2D eigenvalue weighted by Gasteiger charge is -2.26. The fraction of sp³-hybridized carbons (Fsp3) is 0.370. The number of aromatic amines is 4. The molecule has 0 aliphatic rings. The second kappa shape index (κ2) is 16.7. The van der Waals surface area contributed by atoms with Gasteiger partial charge in [0.25, 0.3) is 0 Å². The minimum absolute atomic E-state index is 0.00692. The lowest BCUT2D eigenvalue weighted by molar-refractivity contribution is -0.142. The fourth-order valence-electron chi connectivity index (χ4n) is 4.47. The Kier molecular flexibility index (Phi) is 12.2. The number of carbonyl (C=O) groups is 5. The lowest BCUT2D eigenvalue weighted by atomic mass is 10.1. The summed E-state index contributed by atoms with van der Waals surface area (Å²) in [5, 5.41) is 20.1. The first kappa shape index (κ1) is 34.4. The van der Waals surface area contributed by atoms with Crippen LogP contribution in [-0.2, 0) is 49.7 Å². The van der Waals surface area contributed by atoms with Gasteiger partial charge in [-0.15, -0.1) is 0 Å². The number of thiol groups is 1. The van der Waals surface area contributed by atoms with E-state index in [0.717, 1.165) is 0 Å². The molecule has 19 nitrogen and oxygen atoms in total. The number of carboxylic acid groups (broad SMARTS) is 1. The predicted octanol–water partition coefficient (Wildman–Crippen LogP) is -2.87. The Labute approximate surface area is 272 Å². The molecule has 4 aromatic rings. The molecule has 5 atom stereocenters. The Morgan fingerprint density at radius 1 is 0.596 bits per heavy atom. The number of rotatable bonds is 18. The van der Waals surface area contributed by atoms with Crippen molar-refractivity contribution in [3.8, 4) is 0 Å². The molecule has 0 saturated carbocycles. The van der Waals surface area contributed by atoms with Crippen molar-refractivity contribution in [2.45, 2.75) is 55.9 Å². The molecule has 0 fully saturated rings. The molecule has 0 bridgehead atoms. The van der Waals surface area contributed by atoms with Gasteiger partial charge in [-0.2, -0.15) is 12.6 Å². The van der Waals surface area contributed by atoms with Gasteiger partial charge in [0.05, 0.1) is 31.4 Å². The topological polar surface area (TPSA) is 294 Å². The number of aromatic nitrogens is 8. The summed E-state index contributed by atoms with van der Waals surface area (Å²) in [6.07, 6.45) is 11.1.